The number of esters is 1. The number of thioether (sulfide) groups is 1. The average molecular weight is 314 g/mol. The zero-order valence-electron chi connectivity index (χ0n) is 12.4. The van der Waals surface area contributed by atoms with Gasteiger partial charge >= 0.3 is 11.7 Å². The molecule has 8 heteroatoms. The number of nitrogens with two attached hydrogens (primary N) is 1. The Morgan fingerprint density at radius 1 is 1.67 bits per heavy atom. The van der Waals surface area contributed by atoms with E-state index >= 15 is 0 Å². The smallest absolute Gasteiger partial charge is 0.343 e. The van der Waals surface area contributed by atoms with E-state index in [0.717, 1.165) is 25.0 Å². The lowest BCUT2D eigenvalue weighted by Gasteiger charge is -2.28. The van der Waals surface area contributed by atoms with Gasteiger partial charge in [0.15, 0.2) is 5.16 Å². The second-order valence-electron chi connectivity index (χ2n) is 5.36. The molecule has 0 bridgehead atoms. The molecule has 0 saturated heterocycles. The van der Waals surface area contributed by atoms with Crippen LogP contribution in [0.1, 0.15) is 32.6 Å². The van der Waals surface area contributed by atoms with Crippen LogP contribution in [0.25, 0.3) is 0 Å². The molecule has 1 aliphatic carbocycles. The number of H-pyrrole nitrogens is 1. The topological polar surface area (TPSA) is 103 Å². The van der Waals surface area contributed by atoms with E-state index in [9.17, 15) is 9.59 Å². The van der Waals surface area contributed by atoms with Crippen LogP contribution in [0.2, 0.25) is 0 Å². The third-order valence-corrected chi connectivity index (χ3v) is 5.13. The Morgan fingerprint density at radius 2 is 2.43 bits per heavy atom. The van der Waals surface area contributed by atoms with Crippen molar-refractivity contribution in [3.05, 3.63) is 10.5 Å². The summed E-state index contributed by atoms with van der Waals surface area (Å²) in [5.74, 6) is 0.603. The van der Waals surface area contributed by atoms with Gasteiger partial charge in [0.05, 0.1) is 6.61 Å². The SMILES string of the molecule is CCOC(=O)C1(N)CCCC1CCSc1n[nH]c(=O)n1C. The van der Waals surface area contributed by atoms with Crippen LogP contribution in [0.3, 0.4) is 0 Å². The maximum atomic E-state index is 12.1. The molecule has 1 fully saturated rings. The van der Waals surface area contributed by atoms with Crippen LogP contribution in [0, 0.1) is 5.92 Å². The fourth-order valence-corrected chi connectivity index (χ4v) is 3.76. The highest BCUT2D eigenvalue weighted by Crippen LogP contribution is 2.38. The van der Waals surface area contributed by atoms with Crippen LogP contribution in [-0.4, -0.2) is 38.6 Å². The molecule has 2 unspecified atom stereocenters. The summed E-state index contributed by atoms with van der Waals surface area (Å²) in [7, 11) is 1.68. The predicted octanol–water partition coefficient (Wildman–Crippen LogP) is 0.651. The summed E-state index contributed by atoms with van der Waals surface area (Å²) in [4.78, 5) is 23.3. The second-order valence-corrected chi connectivity index (χ2v) is 6.42. The van der Waals surface area contributed by atoms with E-state index in [1.165, 1.54) is 16.3 Å². The maximum Gasteiger partial charge on any atom is 0.343 e. The van der Waals surface area contributed by atoms with Gasteiger partial charge in [0.1, 0.15) is 5.54 Å². The highest BCUT2D eigenvalue weighted by Gasteiger charge is 2.46. The number of hydrogen-bond donors (Lipinski definition) is 2. The van der Waals surface area contributed by atoms with E-state index in [1.807, 2.05) is 0 Å². The van der Waals surface area contributed by atoms with E-state index in [2.05, 4.69) is 10.2 Å². The van der Waals surface area contributed by atoms with Gasteiger partial charge < -0.3 is 10.5 Å². The first kappa shape index (κ1) is 16.1. The minimum atomic E-state index is -0.853. The molecule has 0 amide bonds. The van der Waals surface area contributed by atoms with Gasteiger partial charge in [0, 0.05) is 12.8 Å². The number of ether oxygens (including phenoxy) is 1. The van der Waals surface area contributed by atoms with E-state index in [1.54, 1.807) is 14.0 Å². The molecular weight excluding hydrogens is 292 g/mol. The first-order valence-electron chi connectivity index (χ1n) is 7.19. The fourth-order valence-electron chi connectivity index (χ4n) is 2.79. The van der Waals surface area contributed by atoms with Gasteiger partial charge in [0.25, 0.3) is 0 Å². The third kappa shape index (κ3) is 3.32. The average Bonchev–Trinajstić information content (AvgIpc) is 2.98. The minimum absolute atomic E-state index is 0.125. The molecule has 2 atom stereocenters. The minimum Gasteiger partial charge on any atom is -0.465 e. The number of carbonyl (C=O) groups excluding carboxylic acids is 1. The number of rotatable bonds is 6. The highest BCUT2D eigenvalue weighted by molar-refractivity contribution is 7.99. The quantitative estimate of drug-likeness (QED) is 0.590. The molecule has 2 rings (SSSR count). The Bertz CT molecular complexity index is 556. The summed E-state index contributed by atoms with van der Waals surface area (Å²) < 4.78 is 6.59. The summed E-state index contributed by atoms with van der Waals surface area (Å²) >= 11 is 1.49. The molecule has 1 heterocycles. The number of nitrogens with one attached hydrogen (secondary N) is 1. The van der Waals surface area contributed by atoms with Gasteiger partial charge in [-0.3, -0.25) is 9.36 Å². The number of aromatic nitrogens is 3. The van der Waals surface area contributed by atoms with Crippen molar-refractivity contribution in [3.8, 4) is 0 Å². The standard InChI is InChI=1S/C13H22N4O3S/c1-3-20-10(18)13(14)7-4-5-9(13)6-8-21-12-16-15-11(19)17(12)2/h9H,3-8,14H2,1-2H3,(H,15,19). The molecule has 1 aromatic heterocycles. The fraction of sp³-hybridized carbons (Fsp3) is 0.769. The molecule has 1 saturated carbocycles. The van der Waals surface area contributed by atoms with Crippen LogP contribution in [0.15, 0.2) is 9.95 Å². The van der Waals surface area contributed by atoms with Crippen LogP contribution in [0.4, 0.5) is 0 Å². The molecule has 1 aliphatic rings. The Morgan fingerprint density at radius 3 is 3.05 bits per heavy atom. The highest BCUT2D eigenvalue weighted by atomic mass is 32.2. The molecule has 3 N–H and O–H groups in total. The molecule has 0 aromatic carbocycles. The lowest BCUT2D eigenvalue weighted by atomic mass is 9.86. The normalized spacial score (nSPS) is 25.2. The number of hydrogen-bond acceptors (Lipinski definition) is 6. The van der Waals surface area contributed by atoms with E-state index in [-0.39, 0.29) is 17.6 Å². The number of aromatic amines is 1. The number of carbonyl (C=O) groups is 1. The van der Waals surface area contributed by atoms with Gasteiger partial charge in [0.2, 0.25) is 0 Å². The zero-order chi connectivity index (χ0) is 15.5. The van der Waals surface area contributed by atoms with E-state index < -0.39 is 5.54 Å². The summed E-state index contributed by atoms with van der Waals surface area (Å²) in [5.41, 5.74) is 5.21. The van der Waals surface area contributed by atoms with Gasteiger partial charge in [-0.05, 0) is 32.1 Å². The maximum absolute atomic E-state index is 12.1. The predicted molar refractivity (Wildman–Crippen MR) is 80.1 cm³/mol. The molecule has 0 spiro atoms. The van der Waals surface area contributed by atoms with Crippen molar-refractivity contribution in [3.63, 3.8) is 0 Å². The van der Waals surface area contributed by atoms with Gasteiger partial charge in [-0.2, -0.15) is 0 Å². The molecule has 118 valence electrons. The van der Waals surface area contributed by atoms with Crippen molar-refractivity contribution in [2.24, 2.45) is 18.7 Å². The van der Waals surface area contributed by atoms with Crippen molar-refractivity contribution >= 4 is 17.7 Å². The summed E-state index contributed by atoms with van der Waals surface area (Å²) in [5, 5.41) is 7.00. The van der Waals surface area contributed by atoms with E-state index in [4.69, 9.17) is 10.5 Å². The molecule has 0 aliphatic heterocycles. The Kier molecular flexibility index (Phi) is 5.10. The zero-order valence-corrected chi connectivity index (χ0v) is 13.2. The first-order valence-corrected chi connectivity index (χ1v) is 8.18. The van der Waals surface area contributed by atoms with Crippen molar-refractivity contribution < 1.29 is 9.53 Å². The Balaban J connectivity index is 1.91. The van der Waals surface area contributed by atoms with Crippen LogP contribution >= 0.6 is 11.8 Å². The van der Waals surface area contributed by atoms with E-state index in [0.29, 0.717) is 18.2 Å². The monoisotopic (exact) mass is 314 g/mol. The second kappa shape index (κ2) is 6.65. The van der Waals surface area contributed by atoms with Crippen LogP contribution < -0.4 is 11.4 Å². The molecule has 1 aromatic rings. The van der Waals surface area contributed by atoms with Gasteiger partial charge in [-0.25, -0.2) is 9.89 Å². The lowest BCUT2D eigenvalue weighted by Crippen LogP contribution is -2.52. The van der Waals surface area contributed by atoms with Crippen molar-refractivity contribution in [1.29, 1.82) is 0 Å². The third-order valence-electron chi connectivity index (χ3n) is 4.06. The number of nitrogens with zero attached hydrogens (tertiary/aromatic N) is 2. The largest absolute Gasteiger partial charge is 0.465 e. The van der Waals surface area contributed by atoms with Gasteiger partial charge in [-0.1, -0.05) is 18.2 Å². The molecule has 0 radical (unpaired) electrons. The molecule has 7 nitrogen and oxygen atoms in total. The summed E-state index contributed by atoms with van der Waals surface area (Å²) in [6.07, 6.45) is 3.38. The molecule has 21 heavy (non-hydrogen) atoms. The Labute approximate surface area is 127 Å². The van der Waals surface area contributed by atoms with Crippen LogP contribution in [0.5, 0.6) is 0 Å². The van der Waals surface area contributed by atoms with Crippen molar-refractivity contribution in [2.75, 3.05) is 12.4 Å². The summed E-state index contributed by atoms with van der Waals surface area (Å²) in [6, 6.07) is 0. The lowest BCUT2D eigenvalue weighted by molar-refractivity contribution is -0.151. The summed E-state index contributed by atoms with van der Waals surface area (Å²) in [6.45, 7) is 2.15. The van der Waals surface area contributed by atoms with Crippen molar-refractivity contribution in [2.45, 2.75) is 43.3 Å². The van der Waals surface area contributed by atoms with Gasteiger partial charge in [-0.15, -0.1) is 5.10 Å². The van der Waals surface area contributed by atoms with Crippen molar-refractivity contribution in [1.82, 2.24) is 14.8 Å². The molecular formula is C13H22N4O3S. The first-order chi connectivity index (χ1) is 9.99. The Hall–Kier alpha value is -1.28. The van der Waals surface area contributed by atoms with Crippen LogP contribution in [-0.2, 0) is 16.6 Å².